The normalized spacial score (nSPS) is 24.4. The topological polar surface area (TPSA) is 88.6 Å². The molecule has 0 bridgehead atoms. The molecule has 1 aromatic rings. The highest BCUT2D eigenvalue weighted by Crippen LogP contribution is 2.35. The van der Waals surface area contributed by atoms with Gasteiger partial charge in [-0.1, -0.05) is 12.8 Å². The molecule has 7 nitrogen and oxygen atoms in total. The first-order chi connectivity index (χ1) is 13.3. The fraction of sp³-hybridized carbons (Fsp3) is 0.684. The van der Waals surface area contributed by atoms with E-state index >= 15 is 0 Å². The first-order valence-electron chi connectivity index (χ1n) is 9.88. The molecule has 1 aliphatic carbocycles. The second kappa shape index (κ2) is 9.56. The fourth-order valence-corrected chi connectivity index (χ4v) is 6.48. The molecule has 9 heteroatoms. The van der Waals surface area contributed by atoms with Crippen molar-refractivity contribution in [1.82, 2.24) is 14.6 Å². The number of pyridine rings is 1. The van der Waals surface area contributed by atoms with E-state index < -0.39 is 10.0 Å². The number of hydrogen-bond acceptors (Lipinski definition) is 6. The summed E-state index contributed by atoms with van der Waals surface area (Å²) in [7, 11) is -3.44. The molecule has 2 atom stereocenters. The molecule has 1 saturated heterocycles. The van der Waals surface area contributed by atoms with Crippen LogP contribution in [0.5, 0.6) is 0 Å². The molecule has 2 heterocycles. The highest BCUT2D eigenvalue weighted by atomic mass is 32.2. The van der Waals surface area contributed by atoms with Gasteiger partial charge < -0.3 is 10.1 Å². The highest BCUT2D eigenvalue weighted by Gasteiger charge is 2.30. The van der Waals surface area contributed by atoms with E-state index in [-0.39, 0.29) is 30.4 Å². The summed E-state index contributed by atoms with van der Waals surface area (Å²) >= 11 is 1.66. The van der Waals surface area contributed by atoms with Crippen LogP contribution in [0.15, 0.2) is 23.4 Å². The smallest absolute Gasteiger partial charge is 0.254 e. The number of carbonyl (C=O) groups is 1. The number of nitrogens with one attached hydrogen (secondary N) is 1. The zero-order valence-electron chi connectivity index (χ0n) is 16.5. The van der Waals surface area contributed by atoms with Gasteiger partial charge in [-0.3, -0.25) is 4.79 Å². The predicted octanol–water partition coefficient (Wildman–Crippen LogP) is 2.29. The Hall–Kier alpha value is -1.16. The molecular formula is C19H29N3O4S2. The third-order valence-electron chi connectivity index (χ3n) is 5.02. The summed E-state index contributed by atoms with van der Waals surface area (Å²) in [5.74, 6) is -0.392. The van der Waals surface area contributed by atoms with Gasteiger partial charge in [0.25, 0.3) is 5.91 Å². The first kappa shape index (κ1) is 21.5. The summed E-state index contributed by atoms with van der Waals surface area (Å²) in [5.41, 5.74) is 0.519. The Labute approximate surface area is 171 Å². The summed E-state index contributed by atoms with van der Waals surface area (Å²) in [6.45, 7) is 4.51. The van der Waals surface area contributed by atoms with Crippen LogP contribution in [0.4, 0.5) is 0 Å². The minimum atomic E-state index is -3.44. The molecule has 1 amide bonds. The molecule has 1 aromatic heterocycles. The van der Waals surface area contributed by atoms with Crippen LogP contribution in [0, 0.1) is 0 Å². The quantitative estimate of drug-likeness (QED) is 0.718. The van der Waals surface area contributed by atoms with Crippen LogP contribution in [-0.4, -0.2) is 66.5 Å². The number of amides is 1. The summed E-state index contributed by atoms with van der Waals surface area (Å²) in [6, 6.07) is 3.49. The van der Waals surface area contributed by atoms with E-state index in [1.54, 1.807) is 30.1 Å². The number of nitrogens with zero attached hydrogens (tertiary/aromatic N) is 2. The highest BCUT2D eigenvalue weighted by molar-refractivity contribution is 8.00. The van der Waals surface area contributed by atoms with Crippen molar-refractivity contribution in [3.63, 3.8) is 0 Å². The molecular weight excluding hydrogens is 398 g/mol. The van der Waals surface area contributed by atoms with Crippen molar-refractivity contribution in [2.45, 2.75) is 62.0 Å². The van der Waals surface area contributed by atoms with Crippen molar-refractivity contribution in [2.24, 2.45) is 0 Å². The van der Waals surface area contributed by atoms with Gasteiger partial charge in [0.2, 0.25) is 10.0 Å². The Bertz CT molecular complexity index is 771. The second-order valence-corrected chi connectivity index (χ2v) is 10.9. The van der Waals surface area contributed by atoms with Crippen molar-refractivity contribution in [1.29, 1.82) is 0 Å². The van der Waals surface area contributed by atoms with Crippen LogP contribution < -0.4 is 5.32 Å². The molecule has 2 fully saturated rings. The molecule has 0 radical (unpaired) electrons. The lowest BCUT2D eigenvalue weighted by Crippen LogP contribution is -2.49. The van der Waals surface area contributed by atoms with Crippen molar-refractivity contribution in [3.8, 4) is 0 Å². The van der Waals surface area contributed by atoms with Gasteiger partial charge in [0, 0.05) is 31.1 Å². The van der Waals surface area contributed by atoms with Crippen LogP contribution in [0.25, 0.3) is 0 Å². The van der Waals surface area contributed by atoms with Gasteiger partial charge in [0.05, 0.1) is 23.5 Å². The standard InChI is InChI=1S/C19H29N3O4S2/c1-14-12-22(13-15(2)26-14)28(24,25)11-10-20-18(23)17-8-5-9-21-19(17)27-16-6-3-4-7-16/h5,8-9,14-16H,3-4,6-7,10-13H2,1-2H3,(H,20,23). The van der Waals surface area contributed by atoms with Gasteiger partial charge >= 0.3 is 0 Å². The molecule has 0 spiro atoms. The van der Waals surface area contributed by atoms with Gasteiger partial charge in [-0.05, 0) is 38.8 Å². The van der Waals surface area contributed by atoms with Gasteiger partial charge in [-0.25, -0.2) is 13.4 Å². The third-order valence-corrected chi connectivity index (χ3v) is 8.18. The fourth-order valence-electron chi connectivity index (χ4n) is 3.70. The number of sulfonamides is 1. The molecule has 2 aliphatic rings. The van der Waals surface area contributed by atoms with Gasteiger partial charge in [0.15, 0.2) is 0 Å². The summed E-state index contributed by atoms with van der Waals surface area (Å²) in [6.07, 6.45) is 6.19. The summed E-state index contributed by atoms with van der Waals surface area (Å²) < 4.78 is 32.2. The van der Waals surface area contributed by atoms with Gasteiger partial charge in [-0.15, -0.1) is 11.8 Å². The Kier molecular flexibility index (Phi) is 7.36. The van der Waals surface area contributed by atoms with Gasteiger partial charge in [0.1, 0.15) is 5.03 Å². The minimum Gasteiger partial charge on any atom is -0.373 e. The zero-order chi connectivity index (χ0) is 20.1. The lowest BCUT2D eigenvalue weighted by atomic mass is 10.3. The lowest BCUT2D eigenvalue weighted by molar-refractivity contribution is -0.0440. The Balaban J connectivity index is 1.55. The van der Waals surface area contributed by atoms with Crippen LogP contribution >= 0.6 is 11.8 Å². The number of thioether (sulfide) groups is 1. The molecule has 156 valence electrons. The molecule has 3 rings (SSSR count). The van der Waals surface area contributed by atoms with Crippen LogP contribution in [0.1, 0.15) is 49.9 Å². The maximum absolute atomic E-state index is 12.6. The van der Waals surface area contributed by atoms with E-state index in [2.05, 4.69) is 10.3 Å². The van der Waals surface area contributed by atoms with E-state index in [4.69, 9.17) is 4.74 Å². The SMILES string of the molecule is CC1CN(S(=O)(=O)CCNC(=O)c2cccnc2SC2CCCC2)CC(C)O1. The van der Waals surface area contributed by atoms with E-state index in [9.17, 15) is 13.2 Å². The van der Waals surface area contributed by atoms with Gasteiger partial charge in [-0.2, -0.15) is 4.31 Å². The average molecular weight is 428 g/mol. The van der Waals surface area contributed by atoms with Crippen molar-refractivity contribution < 1.29 is 17.9 Å². The number of ether oxygens (including phenoxy) is 1. The second-order valence-electron chi connectivity index (χ2n) is 7.53. The summed E-state index contributed by atoms with van der Waals surface area (Å²) in [5, 5.41) is 3.99. The number of morpholine rings is 1. The van der Waals surface area contributed by atoms with E-state index in [1.807, 2.05) is 13.8 Å². The molecule has 1 N–H and O–H groups in total. The van der Waals surface area contributed by atoms with Crippen LogP contribution in [-0.2, 0) is 14.8 Å². The Morgan fingerprint density at radius 3 is 2.64 bits per heavy atom. The maximum Gasteiger partial charge on any atom is 0.254 e. The molecule has 1 aliphatic heterocycles. The third kappa shape index (κ3) is 5.68. The van der Waals surface area contributed by atoms with E-state index in [0.717, 1.165) is 17.9 Å². The molecule has 28 heavy (non-hydrogen) atoms. The molecule has 1 saturated carbocycles. The average Bonchev–Trinajstić information content (AvgIpc) is 3.14. The van der Waals surface area contributed by atoms with Crippen molar-refractivity contribution in [2.75, 3.05) is 25.4 Å². The van der Waals surface area contributed by atoms with Crippen LogP contribution in [0.3, 0.4) is 0 Å². The number of aromatic nitrogens is 1. The zero-order valence-corrected chi connectivity index (χ0v) is 18.1. The van der Waals surface area contributed by atoms with E-state index in [0.29, 0.717) is 23.9 Å². The van der Waals surface area contributed by atoms with Crippen molar-refractivity contribution in [3.05, 3.63) is 23.9 Å². The number of hydrogen-bond donors (Lipinski definition) is 1. The lowest BCUT2D eigenvalue weighted by Gasteiger charge is -2.34. The van der Waals surface area contributed by atoms with Crippen molar-refractivity contribution >= 4 is 27.7 Å². The predicted molar refractivity (Wildman–Crippen MR) is 110 cm³/mol. The van der Waals surface area contributed by atoms with E-state index in [1.165, 1.54) is 17.1 Å². The largest absolute Gasteiger partial charge is 0.373 e. The monoisotopic (exact) mass is 427 g/mol. The minimum absolute atomic E-state index is 0.0731. The number of carbonyl (C=O) groups excluding carboxylic acids is 1. The Morgan fingerprint density at radius 2 is 1.96 bits per heavy atom. The molecule has 2 unspecified atom stereocenters. The first-order valence-corrected chi connectivity index (χ1v) is 12.4. The maximum atomic E-state index is 12.6. The van der Waals surface area contributed by atoms with Crippen LogP contribution in [0.2, 0.25) is 0 Å². The summed E-state index contributed by atoms with van der Waals surface area (Å²) in [4.78, 5) is 17.0. The molecule has 0 aromatic carbocycles. The Morgan fingerprint density at radius 1 is 1.29 bits per heavy atom. The number of rotatable bonds is 7.